The van der Waals surface area contributed by atoms with E-state index in [0.29, 0.717) is 6.42 Å². The Morgan fingerprint density at radius 2 is 1.38 bits per heavy atom. The van der Waals surface area contributed by atoms with Gasteiger partial charge >= 0.3 is 0 Å². The Labute approximate surface area is 201 Å². The zero-order chi connectivity index (χ0) is 24.5. The van der Waals surface area contributed by atoms with Crippen LogP contribution in [0, 0.1) is 5.82 Å². The van der Waals surface area contributed by atoms with E-state index in [1.165, 1.54) is 12.1 Å². The standard InChI is InChI=1S/C29H33FN2O2/c1-4-27(29(34)31-21(2)3)32(20-22-15-17-25(30)18-16-22)28(33)19-26(23-11-7-5-8-12-23)24-13-9-6-10-14-24/h5-18,21,26-27H,4,19-20H2,1-3H3,(H,31,34)/t27-/m0/s1. The summed E-state index contributed by atoms with van der Waals surface area (Å²) in [5.41, 5.74) is 2.87. The predicted molar refractivity (Wildman–Crippen MR) is 134 cm³/mol. The molecule has 0 aliphatic rings. The first-order valence-electron chi connectivity index (χ1n) is 11.8. The lowest BCUT2D eigenvalue weighted by Crippen LogP contribution is -2.50. The minimum absolute atomic E-state index is 0.0364. The van der Waals surface area contributed by atoms with Crippen LogP contribution in [0.3, 0.4) is 0 Å². The SMILES string of the molecule is CC[C@@H](C(=O)NC(C)C)N(Cc1ccc(F)cc1)C(=O)CC(c1ccccc1)c1ccccc1. The smallest absolute Gasteiger partial charge is 0.243 e. The fourth-order valence-electron chi connectivity index (χ4n) is 4.18. The van der Waals surface area contributed by atoms with Crippen molar-refractivity contribution in [3.05, 3.63) is 107 Å². The van der Waals surface area contributed by atoms with E-state index in [-0.39, 0.29) is 42.6 Å². The maximum Gasteiger partial charge on any atom is 0.243 e. The highest BCUT2D eigenvalue weighted by Gasteiger charge is 2.31. The van der Waals surface area contributed by atoms with Gasteiger partial charge in [0.1, 0.15) is 11.9 Å². The molecule has 4 nitrogen and oxygen atoms in total. The van der Waals surface area contributed by atoms with Gasteiger partial charge in [-0.2, -0.15) is 0 Å². The molecule has 0 aliphatic carbocycles. The quantitative estimate of drug-likeness (QED) is 0.423. The Kier molecular flexibility index (Phi) is 8.97. The Hall–Kier alpha value is -3.47. The van der Waals surface area contributed by atoms with Crippen molar-refractivity contribution < 1.29 is 14.0 Å². The van der Waals surface area contributed by atoms with Crippen LogP contribution in [0.25, 0.3) is 0 Å². The molecule has 0 fully saturated rings. The largest absolute Gasteiger partial charge is 0.352 e. The average Bonchev–Trinajstić information content (AvgIpc) is 2.84. The maximum atomic E-state index is 13.8. The topological polar surface area (TPSA) is 49.4 Å². The van der Waals surface area contributed by atoms with Crippen LogP contribution < -0.4 is 5.32 Å². The van der Waals surface area contributed by atoms with Crippen LogP contribution in [0.15, 0.2) is 84.9 Å². The van der Waals surface area contributed by atoms with Crippen LogP contribution in [-0.2, 0) is 16.1 Å². The summed E-state index contributed by atoms with van der Waals surface area (Å²) in [4.78, 5) is 28.5. The number of carbonyl (C=O) groups is 2. The highest BCUT2D eigenvalue weighted by molar-refractivity contribution is 5.88. The first kappa shape index (κ1) is 25.2. The monoisotopic (exact) mass is 460 g/mol. The Balaban J connectivity index is 1.94. The van der Waals surface area contributed by atoms with E-state index in [4.69, 9.17) is 0 Å². The van der Waals surface area contributed by atoms with E-state index in [1.807, 2.05) is 81.4 Å². The van der Waals surface area contributed by atoms with Crippen LogP contribution in [-0.4, -0.2) is 28.8 Å². The molecule has 34 heavy (non-hydrogen) atoms. The Bertz CT molecular complexity index is 1010. The normalized spacial score (nSPS) is 11.9. The van der Waals surface area contributed by atoms with E-state index in [2.05, 4.69) is 5.32 Å². The molecule has 1 atom stereocenters. The van der Waals surface area contributed by atoms with Crippen LogP contribution >= 0.6 is 0 Å². The van der Waals surface area contributed by atoms with E-state index >= 15 is 0 Å². The molecule has 0 saturated carbocycles. The first-order valence-corrected chi connectivity index (χ1v) is 11.8. The number of hydrogen-bond acceptors (Lipinski definition) is 2. The van der Waals surface area contributed by atoms with Crippen molar-refractivity contribution in [2.75, 3.05) is 0 Å². The van der Waals surface area contributed by atoms with Crippen LogP contribution in [0.1, 0.15) is 56.2 Å². The van der Waals surface area contributed by atoms with Crippen molar-refractivity contribution in [3.63, 3.8) is 0 Å². The van der Waals surface area contributed by atoms with Crippen molar-refractivity contribution in [1.29, 1.82) is 0 Å². The lowest BCUT2D eigenvalue weighted by Gasteiger charge is -2.32. The third kappa shape index (κ3) is 6.77. The van der Waals surface area contributed by atoms with E-state index in [0.717, 1.165) is 16.7 Å². The molecular formula is C29H33FN2O2. The van der Waals surface area contributed by atoms with Crippen LogP contribution in [0.2, 0.25) is 0 Å². The molecular weight excluding hydrogens is 427 g/mol. The summed E-state index contributed by atoms with van der Waals surface area (Å²) in [6.45, 7) is 5.94. The average molecular weight is 461 g/mol. The van der Waals surface area contributed by atoms with Gasteiger partial charge in [0.25, 0.3) is 0 Å². The molecule has 5 heteroatoms. The summed E-state index contributed by atoms with van der Waals surface area (Å²) < 4.78 is 13.5. The van der Waals surface area contributed by atoms with E-state index < -0.39 is 6.04 Å². The lowest BCUT2D eigenvalue weighted by atomic mass is 9.88. The predicted octanol–water partition coefficient (Wildman–Crippen LogP) is 5.68. The Morgan fingerprint density at radius 3 is 1.85 bits per heavy atom. The van der Waals surface area contributed by atoms with Gasteiger partial charge in [-0.05, 0) is 49.1 Å². The lowest BCUT2D eigenvalue weighted by molar-refractivity contribution is -0.141. The van der Waals surface area contributed by atoms with Crippen LogP contribution in [0.4, 0.5) is 4.39 Å². The van der Waals surface area contributed by atoms with Gasteiger partial charge in [-0.25, -0.2) is 4.39 Å². The summed E-state index contributed by atoms with van der Waals surface area (Å²) in [7, 11) is 0. The van der Waals surface area contributed by atoms with Crippen molar-refractivity contribution in [2.24, 2.45) is 0 Å². The minimum Gasteiger partial charge on any atom is -0.352 e. The molecule has 1 N–H and O–H groups in total. The molecule has 178 valence electrons. The molecule has 3 rings (SSSR count). The summed E-state index contributed by atoms with van der Waals surface area (Å²) in [5, 5.41) is 2.95. The van der Waals surface area contributed by atoms with Crippen molar-refractivity contribution in [1.82, 2.24) is 10.2 Å². The van der Waals surface area contributed by atoms with Gasteiger partial charge in [-0.15, -0.1) is 0 Å². The zero-order valence-electron chi connectivity index (χ0n) is 20.1. The molecule has 3 aromatic carbocycles. The second-order valence-corrected chi connectivity index (χ2v) is 8.81. The van der Waals surface area contributed by atoms with Gasteiger partial charge in [0.05, 0.1) is 0 Å². The minimum atomic E-state index is -0.618. The fraction of sp³-hybridized carbons (Fsp3) is 0.310. The van der Waals surface area contributed by atoms with E-state index in [1.54, 1.807) is 17.0 Å². The molecule has 0 radical (unpaired) electrons. The van der Waals surface area contributed by atoms with Gasteiger partial charge in [-0.1, -0.05) is 79.7 Å². The number of amides is 2. The number of benzene rings is 3. The highest BCUT2D eigenvalue weighted by Crippen LogP contribution is 2.29. The zero-order valence-corrected chi connectivity index (χ0v) is 20.1. The number of rotatable bonds is 10. The molecule has 2 amide bonds. The second-order valence-electron chi connectivity index (χ2n) is 8.81. The molecule has 0 heterocycles. The molecule has 0 saturated heterocycles. The number of nitrogens with zero attached hydrogens (tertiary/aromatic N) is 1. The number of halogens is 1. The van der Waals surface area contributed by atoms with Gasteiger partial charge in [-0.3, -0.25) is 9.59 Å². The Morgan fingerprint density at radius 1 is 0.853 bits per heavy atom. The summed E-state index contributed by atoms with van der Waals surface area (Å²) in [6, 6.07) is 25.3. The highest BCUT2D eigenvalue weighted by atomic mass is 19.1. The number of nitrogens with one attached hydrogen (secondary N) is 1. The molecule has 0 bridgehead atoms. The molecule has 0 aliphatic heterocycles. The molecule has 0 spiro atoms. The summed E-state index contributed by atoms with van der Waals surface area (Å²) in [5.74, 6) is -0.771. The molecule has 0 aromatic heterocycles. The number of carbonyl (C=O) groups excluding carboxylic acids is 2. The van der Waals surface area contributed by atoms with Gasteiger partial charge in [0, 0.05) is 24.9 Å². The van der Waals surface area contributed by atoms with Crippen molar-refractivity contribution >= 4 is 11.8 Å². The second kappa shape index (κ2) is 12.1. The van der Waals surface area contributed by atoms with Gasteiger partial charge in [0.2, 0.25) is 11.8 Å². The number of hydrogen-bond donors (Lipinski definition) is 1. The summed E-state index contributed by atoms with van der Waals surface area (Å²) >= 11 is 0. The third-order valence-electron chi connectivity index (χ3n) is 5.87. The maximum absolute atomic E-state index is 13.8. The van der Waals surface area contributed by atoms with Gasteiger partial charge in [0.15, 0.2) is 0 Å². The first-order chi connectivity index (χ1) is 16.4. The van der Waals surface area contributed by atoms with E-state index in [9.17, 15) is 14.0 Å². The molecule has 0 unspecified atom stereocenters. The van der Waals surface area contributed by atoms with Crippen LogP contribution in [0.5, 0.6) is 0 Å². The summed E-state index contributed by atoms with van der Waals surface area (Å²) in [6.07, 6.45) is 0.702. The fourth-order valence-corrected chi connectivity index (χ4v) is 4.18. The van der Waals surface area contributed by atoms with Gasteiger partial charge < -0.3 is 10.2 Å². The third-order valence-corrected chi connectivity index (χ3v) is 5.87. The van der Waals surface area contributed by atoms with Crippen molar-refractivity contribution in [2.45, 2.75) is 58.2 Å². The molecule has 3 aromatic rings. The van der Waals surface area contributed by atoms with Crippen molar-refractivity contribution in [3.8, 4) is 0 Å².